The van der Waals surface area contributed by atoms with Crippen molar-refractivity contribution in [1.29, 1.82) is 0 Å². The van der Waals surface area contributed by atoms with E-state index in [1.54, 1.807) is 30.4 Å². The number of amides is 3. The lowest BCUT2D eigenvalue weighted by Crippen LogP contribution is -2.49. The highest BCUT2D eigenvalue weighted by molar-refractivity contribution is 5.94. The van der Waals surface area contributed by atoms with E-state index in [1.165, 1.54) is 0 Å². The Morgan fingerprint density at radius 2 is 1.83 bits per heavy atom. The number of hydrogen-bond acceptors (Lipinski definition) is 10. The van der Waals surface area contributed by atoms with E-state index < -0.39 is 29.0 Å². The van der Waals surface area contributed by atoms with Gasteiger partial charge in [0.25, 0.3) is 5.91 Å². The van der Waals surface area contributed by atoms with Crippen molar-refractivity contribution in [2.24, 2.45) is 0 Å². The summed E-state index contributed by atoms with van der Waals surface area (Å²) in [5, 5.41) is 17.1. The Hall–Kier alpha value is -5.21. The second kappa shape index (κ2) is 14.8. The van der Waals surface area contributed by atoms with Crippen molar-refractivity contribution < 1.29 is 23.9 Å². The third-order valence-electron chi connectivity index (χ3n) is 9.03. The average molecular weight is 710 g/mol. The van der Waals surface area contributed by atoms with Crippen LogP contribution in [0.4, 0.5) is 10.6 Å². The Balaban J connectivity index is 1.19. The fourth-order valence-electron chi connectivity index (χ4n) is 6.26. The molecule has 0 bridgehead atoms. The average Bonchev–Trinajstić information content (AvgIpc) is 3.37. The molecule has 1 aliphatic carbocycles. The van der Waals surface area contributed by atoms with Crippen LogP contribution in [0, 0.1) is 0 Å². The highest BCUT2D eigenvalue weighted by Crippen LogP contribution is 2.37. The number of hydrogen-bond donors (Lipinski definition) is 3. The van der Waals surface area contributed by atoms with Crippen molar-refractivity contribution in [1.82, 2.24) is 40.1 Å². The normalized spacial score (nSPS) is 19.4. The predicted molar refractivity (Wildman–Crippen MR) is 195 cm³/mol. The first-order valence-corrected chi connectivity index (χ1v) is 17.6. The molecule has 3 N–H and O–H groups in total. The smallest absolute Gasteiger partial charge is 0.321 e. The van der Waals surface area contributed by atoms with E-state index in [2.05, 4.69) is 61.8 Å². The number of urea groups is 1. The third-order valence-corrected chi connectivity index (χ3v) is 9.03. The Morgan fingerprint density at radius 1 is 1.02 bits per heavy atom. The molecule has 1 aliphatic heterocycles. The second-order valence-electron chi connectivity index (χ2n) is 15.2. The molecule has 3 aromatic heterocycles. The van der Waals surface area contributed by atoms with Crippen LogP contribution in [0.15, 0.2) is 60.8 Å². The van der Waals surface area contributed by atoms with Crippen LogP contribution in [0.3, 0.4) is 0 Å². The van der Waals surface area contributed by atoms with E-state index in [4.69, 9.17) is 9.47 Å². The van der Waals surface area contributed by atoms with Gasteiger partial charge in [0.15, 0.2) is 11.9 Å². The monoisotopic (exact) mass is 709 g/mol. The van der Waals surface area contributed by atoms with Gasteiger partial charge in [0.1, 0.15) is 29.0 Å². The van der Waals surface area contributed by atoms with Crippen molar-refractivity contribution >= 4 is 29.7 Å². The summed E-state index contributed by atoms with van der Waals surface area (Å²) < 4.78 is 13.9. The molecular formula is C38H47N9O5. The van der Waals surface area contributed by atoms with Crippen molar-refractivity contribution in [2.45, 2.75) is 70.4 Å². The lowest BCUT2D eigenvalue weighted by molar-refractivity contribution is -0.111. The standard InChI is InChI=1S/C38H47N9O5/c1-36(2,3)29-22-30(41-32(40-29)33(49)39-16-18-46-17-9-20-51-21-19-46)42-35(50)43-38(24-48)15-14-28(26-10-7-8-11-27(26)38)52-25-12-13-31-44-45-34(37(4,5)6)47(31)23-25/h7-8,10-15,22-24,28H,9,16-21H2,1-6H3,(H,39,49)(H2,40,41,42,43,50)/t28-,38-/m1/s1. The van der Waals surface area contributed by atoms with Crippen LogP contribution >= 0.6 is 0 Å². The Kier molecular flexibility index (Phi) is 10.4. The molecule has 52 heavy (non-hydrogen) atoms. The van der Waals surface area contributed by atoms with E-state index in [0.717, 1.165) is 31.9 Å². The van der Waals surface area contributed by atoms with E-state index in [-0.39, 0.29) is 17.1 Å². The summed E-state index contributed by atoms with van der Waals surface area (Å²) in [5.41, 5.74) is 0.355. The lowest BCUT2D eigenvalue weighted by Gasteiger charge is -2.34. The highest BCUT2D eigenvalue weighted by atomic mass is 16.5. The SMILES string of the molecule is CC(C)(C)c1cc(NC(=O)N[C@@]2(C=O)C=C[C@@H](Oc3ccc4nnc(C(C)(C)C)n4c3)c3ccccc32)nc(C(=O)NCCN2CCCOCC2)n1. The summed E-state index contributed by atoms with van der Waals surface area (Å²) in [7, 11) is 0. The zero-order valence-corrected chi connectivity index (χ0v) is 30.6. The zero-order chi connectivity index (χ0) is 37.1. The summed E-state index contributed by atoms with van der Waals surface area (Å²) in [5.74, 6) is 1.00. The van der Waals surface area contributed by atoms with Gasteiger partial charge in [-0.15, -0.1) is 10.2 Å². The molecule has 4 heterocycles. The Bertz CT molecular complexity index is 1970. The summed E-state index contributed by atoms with van der Waals surface area (Å²) in [6, 6.07) is 11.9. The fraction of sp³-hybridized carbons (Fsp3) is 0.447. The highest BCUT2D eigenvalue weighted by Gasteiger charge is 2.38. The van der Waals surface area contributed by atoms with E-state index in [0.29, 0.717) is 54.2 Å². The van der Waals surface area contributed by atoms with Crippen LogP contribution in [-0.4, -0.2) is 87.1 Å². The maximum absolute atomic E-state index is 13.6. The molecule has 1 aromatic carbocycles. The van der Waals surface area contributed by atoms with E-state index in [9.17, 15) is 14.4 Å². The first kappa shape index (κ1) is 36.6. The molecular weight excluding hydrogens is 662 g/mol. The number of aromatic nitrogens is 5. The Labute approximate surface area is 303 Å². The van der Waals surface area contributed by atoms with Crippen LogP contribution in [0.5, 0.6) is 5.75 Å². The summed E-state index contributed by atoms with van der Waals surface area (Å²) in [6.07, 6.45) is 6.32. The number of rotatable bonds is 9. The van der Waals surface area contributed by atoms with Crippen LogP contribution in [-0.2, 0) is 25.9 Å². The van der Waals surface area contributed by atoms with Gasteiger partial charge in [-0.25, -0.2) is 14.8 Å². The van der Waals surface area contributed by atoms with Crippen LogP contribution < -0.4 is 20.7 Å². The molecule has 3 amide bonds. The van der Waals surface area contributed by atoms with Gasteiger partial charge in [0, 0.05) is 55.2 Å². The van der Waals surface area contributed by atoms with Crippen LogP contribution in [0.2, 0.25) is 0 Å². The summed E-state index contributed by atoms with van der Waals surface area (Å²) in [6.45, 7) is 16.3. The van der Waals surface area contributed by atoms with Crippen LogP contribution in [0.1, 0.15) is 87.3 Å². The summed E-state index contributed by atoms with van der Waals surface area (Å²) in [4.78, 5) is 50.9. The number of carbonyl (C=O) groups excluding carboxylic acids is 3. The molecule has 2 atom stereocenters. The summed E-state index contributed by atoms with van der Waals surface area (Å²) >= 11 is 0. The minimum atomic E-state index is -1.50. The molecule has 274 valence electrons. The number of carbonyl (C=O) groups is 3. The molecule has 0 radical (unpaired) electrons. The maximum Gasteiger partial charge on any atom is 0.321 e. The van der Waals surface area contributed by atoms with E-state index in [1.807, 2.05) is 55.6 Å². The minimum Gasteiger partial charge on any atom is -0.480 e. The van der Waals surface area contributed by atoms with Gasteiger partial charge < -0.3 is 20.1 Å². The molecule has 1 saturated heterocycles. The second-order valence-corrected chi connectivity index (χ2v) is 15.2. The molecule has 2 aliphatic rings. The number of benzene rings is 1. The predicted octanol–water partition coefficient (Wildman–Crippen LogP) is 4.47. The third kappa shape index (κ3) is 8.13. The van der Waals surface area contributed by atoms with Gasteiger partial charge in [-0.2, -0.15) is 0 Å². The molecule has 4 aromatic rings. The first-order valence-electron chi connectivity index (χ1n) is 17.6. The maximum atomic E-state index is 13.6. The quantitative estimate of drug-likeness (QED) is 0.167. The van der Waals surface area contributed by atoms with E-state index >= 15 is 0 Å². The fourth-order valence-corrected chi connectivity index (χ4v) is 6.26. The number of pyridine rings is 1. The molecule has 0 saturated carbocycles. The number of nitrogens with zero attached hydrogens (tertiary/aromatic N) is 6. The molecule has 14 nitrogen and oxygen atoms in total. The molecule has 14 heteroatoms. The lowest BCUT2D eigenvalue weighted by atomic mass is 9.81. The topological polar surface area (TPSA) is 165 Å². The van der Waals surface area contributed by atoms with Gasteiger partial charge >= 0.3 is 6.03 Å². The molecule has 0 unspecified atom stereocenters. The van der Waals surface area contributed by atoms with Gasteiger partial charge in [0.2, 0.25) is 5.82 Å². The van der Waals surface area contributed by atoms with Crippen molar-refractivity contribution in [3.63, 3.8) is 0 Å². The van der Waals surface area contributed by atoms with Gasteiger partial charge in [-0.3, -0.25) is 24.2 Å². The van der Waals surface area contributed by atoms with Gasteiger partial charge in [-0.1, -0.05) is 65.8 Å². The van der Waals surface area contributed by atoms with Crippen molar-refractivity contribution in [3.05, 3.63) is 89.3 Å². The van der Waals surface area contributed by atoms with Crippen LogP contribution in [0.25, 0.3) is 5.65 Å². The number of anilines is 1. The largest absolute Gasteiger partial charge is 0.480 e. The van der Waals surface area contributed by atoms with Crippen molar-refractivity contribution in [3.8, 4) is 5.75 Å². The number of fused-ring (bicyclic) bond motifs is 2. The van der Waals surface area contributed by atoms with Gasteiger partial charge in [0.05, 0.1) is 18.5 Å². The first-order chi connectivity index (χ1) is 24.8. The number of aldehydes is 1. The zero-order valence-electron chi connectivity index (χ0n) is 30.6. The molecule has 0 spiro atoms. The van der Waals surface area contributed by atoms with Gasteiger partial charge in [-0.05, 0) is 36.3 Å². The Morgan fingerprint density at radius 3 is 2.60 bits per heavy atom. The van der Waals surface area contributed by atoms with Crippen molar-refractivity contribution in [2.75, 3.05) is 44.7 Å². The molecule has 1 fully saturated rings. The number of ether oxygens (including phenoxy) is 2. The minimum absolute atomic E-state index is 0.0609. The number of nitrogens with one attached hydrogen (secondary N) is 3. The molecule has 6 rings (SSSR count).